The lowest BCUT2D eigenvalue weighted by Crippen LogP contribution is -2.63. The summed E-state index contributed by atoms with van der Waals surface area (Å²) in [5.74, 6) is 3.29. The maximum atomic E-state index is 2.76. The van der Waals surface area contributed by atoms with Crippen molar-refractivity contribution in [2.75, 3.05) is 39.3 Å². The molecule has 16 heavy (non-hydrogen) atoms. The second-order valence-electron chi connectivity index (χ2n) is 7.05. The summed E-state index contributed by atoms with van der Waals surface area (Å²) < 4.78 is 0. The van der Waals surface area contributed by atoms with Gasteiger partial charge in [-0.15, -0.1) is 0 Å². The number of rotatable bonds is 3. The van der Waals surface area contributed by atoms with Crippen LogP contribution in [0.3, 0.4) is 0 Å². The molecule has 4 aliphatic rings. The molecule has 0 radical (unpaired) electrons. The third-order valence-electron chi connectivity index (χ3n) is 5.58. The molecule has 1 spiro atoms. The van der Waals surface area contributed by atoms with Gasteiger partial charge in [-0.1, -0.05) is 6.92 Å². The van der Waals surface area contributed by atoms with Gasteiger partial charge in [0.2, 0.25) is 0 Å². The summed E-state index contributed by atoms with van der Waals surface area (Å²) in [5.41, 5.74) is 0.795. The van der Waals surface area contributed by atoms with Crippen LogP contribution in [0.25, 0.3) is 0 Å². The molecule has 2 heteroatoms. The van der Waals surface area contributed by atoms with E-state index in [9.17, 15) is 0 Å². The molecule has 2 unspecified atom stereocenters. The summed E-state index contributed by atoms with van der Waals surface area (Å²) in [4.78, 5) is 5.36. The first-order valence-corrected chi connectivity index (χ1v) is 7.21. The van der Waals surface area contributed by atoms with Crippen LogP contribution in [0.1, 0.15) is 26.2 Å². The lowest BCUT2D eigenvalue weighted by molar-refractivity contribution is -0.0974. The van der Waals surface area contributed by atoms with Gasteiger partial charge in [-0.05, 0) is 49.0 Å². The number of fused-ring (bicyclic) bond motifs is 1. The predicted octanol–water partition coefficient (Wildman–Crippen LogP) is 1.67. The summed E-state index contributed by atoms with van der Waals surface area (Å²) in [7, 11) is 0. The topological polar surface area (TPSA) is 6.48 Å². The zero-order valence-electron chi connectivity index (χ0n) is 10.5. The fraction of sp³-hybridized carbons (Fsp3) is 1.00. The van der Waals surface area contributed by atoms with Gasteiger partial charge in [0.25, 0.3) is 0 Å². The molecule has 2 saturated carbocycles. The molecule has 2 atom stereocenters. The quantitative estimate of drug-likeness (QED) is 0.714. The summed E-state index contributed by atoms with van der Waals surface area (Å²) in [6, 6.07) is 0. The Morgan fingerprint density at radius 2 is 1.75 bits per heavy atom. The van der Waals surface area contributed by atoms with Crippen molar-refractivity contribution in [3.05, 3.63) is 0 Å². The molecule has 4 rings (SSSR count). The molecule has 2 aliphatic carbocycles. The molecule has 90 valence electrons. The SMILES string of the molecule is CCN1CC2(CC(CN3CC4CC4C3)C2)C1. The fourth-order valence-corrected chi connectivity index (χ4v) is 4.69. The minimum absolute atomic E-state index is 0.795. The van der Waals surface area contributed by atoms with Crippen molar-refractivity contribution in [1.82, 2.24) is 9.80 Å². The summed E-state index contributed by atoms with van der Waals surface area (Å²) >= 11 is 0. The van der Waals surface area contributed by atoms with Crippen LogP contribution in [0.15, 0.2) is 0 Å². The van der Waals surface area contributed by atoms with E-state index in [1.807, 2.05) is 0 Å². The third-order valence-corrected chi connectivity index (χ3v) is 5.58. The Labute approximate surface area is 99.0 Å². The maximum absolute atomic E-state index is 2.76. The molecule has 2 nitrogen and oxygen atoms in total. The van der Waals surface area contributed by atoms with Crippen molar-refractivity contribution < 1.29 is 0 Å². The van der Waals surface area contributed by atoms with Crippen LogP contribution in [0.5, 0.6) is 0 Å². The molecule has 0 aromatic heterocycles. The number of likely N-dealkylation sites (tertiary alicyclic amines) is 2. The maximum Gasteiger partial charge on any atom is 0.00506 e. The van der Waals surface area contributed by atoms with E-state index in [1.165, 1.54) is 52.1 Å². The Morgan fingerprint density at radius 3 is 2.38 bits per heavy atom. The van der Waals surface area contributed by atoms with Crippen LogP contribution >= 0.6 is 0 Å². The van der Waals surface area contributed by atoms with Gasteiger partial charge >= 0.3 is 0 Å². The molecule has 0 bridgehead atoms. The fourth-order valence-electron chi connectivity index (χ4n) is 4.69. The average molecular weight is 220 g/mol. The lowest BCUT2D eigenvalue weighted by Gasteiger charge is -2.59. The van der Waals surface area contributed by atoms with Crippen LogP contribution in [0.4, 0.5) is 0 Å². The number of hydrogen-bond acceptors (Lipinski definition) is 2. The largest absolute Gasteiger partial charge is 0.302 e. The van der Waals surface area contributed by atoms with E-state index in [0.29, 0.717) is 0 Å². The summed E-state index contributed by atoms with van der Waals surface area (Å²) in [5, 5.41) is 0. The minimum atomic E-state index is 0.795. The number of nitrogens with zero attached hydrogens (tertiary/aromatic N) is 2. The van der Waals surface area contributed by atoms with Gasteiger partial charge in [0.1, 0.15) is 0 Å². The molecular formula is C14H24N2. The Bertz CT molecular complexity index is 277. The van der Waals surface area contributed by atoms with Gasteiger partial charge < -0.3 is 9.80 Å². The smallest absolute Gasteiger partial charge is 0.00506 e. The highest BCUT2D eigenvalue weighted by Gasteiger charge is 2.53. The monoisotopic (exact) mass is 220 g/mol. The lowest BCUT2D eigenvalue weighted by atomic mass is 9.57. The van der Waals surface area contributed by atoms with Gasteiger partial charge in [-0.2, -0.15) is 0 Å². The predicted molar refractivity (Wildman–Crippen MR) is 65.3 cm³/mol. The Morgan fingerprint density at radius 1 is 1.06 bits per heavy atom. The first-order chi connectivity index (χ1) is 7.76. The van der Waals surface area contributed by atoms with Gasteiger partial charge in [0, 0.05) is 32.7 Å². The molecule has 2 heterocycles. The Balaban J connectivity index is 1.22. The normalized spacial score (nSPS) is 41.8. The van der Waals surface area contributed by atoms with Crippen molar-refractivity contribution >= 4 is 0 Å². The third kappa shape index (κ3) is 1.46. The highest BCUT2D eigenvalue weighted by molar-refractivity contribution is 5.05. The summed E-state index contributed by atoms with van der Waals surface area (Å²) in [6.07, 6.45) is 4.63. The average Bonchev–Trinajstić information content (AvgIpc) is 2.76. The molecule has 0 N–H and O–H groups in total. The number of hydrogen-bond donors (Lipinski definition) is 0. The van der Waals surface area contributed by atoms with Crippen LogP contribution < -0.4 is 0 Å². The zero-order chi connectivity index (χ0) is 10.8. The van der Waals surface area contributed by atoms with E-state index in [-0.39, 0.29) is 0 Å². The number of piperidine rings is 1. The Hall–Kier alpha value is -0.0800. The van der Waals surface area contributed by atoms with Crippen LogP contribution in [0.2, 0.25) is 0 Å². The summed E-state index contributed by atoms with van der Waals surface area (Å²) in [6.45, 7) is 10.7. The van der Waals surface area contributed by atoms with Gasteiger partial charge in [0.15, 0.2) is 0 Å². The van der Waals surface area contributed by atoms with Gasteiger partial charge in [0.05, 0.1) is 0 Å². The van der Waals surface area contributed by atoms with Crippen molar-refractivity contribution in [1.29, 1.82) is 0 Å². The molecule has 0 aromatic rings. The van der Waals surface area contributed by atoms with E-state index in [2.05, 4.69) is 16.7 Å². The Kier molecular flexibility index (Phi) is 2.00. The van der Waals surface area contributed by atoms with Gasteiger partial charge in [-0.3, -0.25) is 0 Å². The molecule has 2 saturated heterocycles. The molecule has 0 amide bonds. The van der Waals surface area contributed by atoms with Gasteiger partial charge in [-0.25, -0.2) is 0 Å². The zero-order valence-corrected chi connectivity index (χ0v) is 10.5. The molecule has 0 aromatic carbocycles. The van der Waals surface area contributed by atoms with Crippen LogP contribution in [0, 0.1) is 23.2 Å². The first-order valence-electron chi connectivity index (χ1n) is 7.21. The van der Waals surface area contributed by atoms with E-state index in [1.54, 1.807) is 6.42 Å². The van der Waals surface area contributed by atoms with Crippen molar-refractivity contribution in [2.45, 2.75) is 26.2 Å². The van der Waals surface area contributed by atoms with Crippen molar-refractivity contribution in [3.8, 4) is 0 Å². The van der Waals surface area contributed by atoms with Crippen molar-refractivity contribution in [2.24, 2.45) is 23.2 Å². The van der Waals surface area contributed by atoms with E-state index in [0.717, 1.165) is 23.2 Å². The van der Waals surface area contributed by atoms with Crippen LogP contribution in [-0.2, 0) is 0 Å². The molecule has 2 aliphatic heterocycles. The van der Waals surface area contributed by atoms with E-state index < -0.39 is 0 Å². The standard InChI is InChI=1S/C14H24N2/c1-2-15-9-14(10-15)4-11(5-14)6-16-7-12-3-13(12)8-16/h11-13H,2-10H2,1H3. The highest BCUT2D eigenvalue weighted by atomic mass is 15.2. The molecule has 4 fully saturated rings. The minimum Gasteiger partial charge on any atom is -0.302 e. The molecular weight excluding hydrogens is 196 g/mol. The van der Waals surface area contributed by atoms with E-state index >= 15 is 0 Å². The second kappa shape index (κ2) is 3.23. The van der Waals surface area contributed by atoms with Crippen molar-refractivity contribution in [3.63, 3.8) is 0 Å². The first kappa shape index (κ1) is 9.90. The van der Waals surface area contributed by atoms with E-state index in [4.69, 9.17) is 0 Å². The second-order valence-corrected chi connectivity index (χ2v) is 7.05. The highest BCUT2D eigenvalue weighted by Crippen LogP contribution is 2.53. The van der Waals surface area contributed by atoms with Crippen LogP contribution in [-0.4, -0.2) is 49.1 Å².